The molecule has 3 rings (SSSR count). The van der Waals surface area contributed by atoms with Crippen LogP contribution >= 0.6 is 11.8 Å². The molecule has 1 aliphatic rings. The van der Waals surface area contributed by atoms with Crippen LogP contribution in [0.4, 0.5) is 5.69 Å². The summed E-state index contributed by atoms with van der Waals surface area (Å²) >= 11 is 5.20. The lowest BCUT2D eigenvalue weighted by molar-refractivity contribution is -0.143. The Morgan fingerprint density at radius 3 is 2.43 bits per heavy atom. The molecule has 0 bridgehead atoms. The summed E-state index contributed by atoms with van der Waals surface area (Å²) in [6, 6.07) is 14.3. The number of nitrogens with one attached hydrogen (secondary N) is 2. The number of esters is 1. The molecule has 2 aromatic carbocycles. The highest BCUT2D eigenvalue weighted by molar-refractivity contribution is 6.14. The van der Waals surface area contributed by atoms with Crippen molar-refractivity contribution >= 4 is 46.2 Å². The molecule has 9 nitrogen and oxygen atoms in total. The smallest absolute Gasteiger partial charge is 0.321 e. The van der Waals surface area contributed by atoms with Crippen LogP contribution in [-0.4, -0.2) is 71.1 Å². The molecule has 198 valence electrons. The molecular formula is C27H33ClN4O5. The van der Waals surface area contributed by atoms with Crippen molar-refractivity contribution in [1.82, 2.24) is 10.2 Å². The Morgan fingerprint density at radius 2 is 1.68 bits per heavy atom. The quantitative estimate of drug-likeness (QED) is 0.126. The van der Waals surface area contributed by atoms with Crippen LogP contribution in [0, 0.1) is 11.3 Å². The molecule has 0 radical (unpaired) electrons. The Kier molecular flexibility index (Phi) is 12.2. The van der Waals surface area contributed by atoms with Crippen molar-refractivity contribution in [2.24, 2.45) is 0 Å². The molecule has 0 aliphatic carbocycles. The van der Waals surface area contributed by atoms with Crippen molar-refractivity contribution in [3.8, 4) is 6.07 Å². The average molecular weight is 529 g/mol. The Labute approximate surface area is 222 Å². The summed E-state index contributed by atoms with van der Waals surface area (Å²) in [6.45, 7) is 3.69. The molecular weight excluding hydrogens is 496 g/mol. The summed E-state index contributed by atoms with van der Waals surface area (Å²) in [5.74, 6) is -0.907. The van der Waals surface area contributed by atoms with Crippen LogP contribution in [0.2, 0.25) is 0 Å². The highest BCUT2D eigenvalue weighted by Crippen LogP contribution is 2.26. The molecule has 0 unspecified atom stereocenters. The summed E-state index contributed by atoms with van der Waals surface area (Å²) < 4.78 is 15.5. The number of benzene rings is 2. The number of carbonyl (C=O) groups is 2. The van der Waals surface area contributed by atoms with Gasteiger partial charge in [0.2, 0.25) is 0 Å². The van der Waals surface area contributed by atoms with E-state index in [1.54, 1.807) is 6.08 Å². The van der Waals surface area contributed by atoms with Gasteiger partial charge in [-0.25, -0.2) is 4.84 Å². The summed E-state index contributed by atoms with van der Waals surface area (Å²) in [4.78, 5) is 28.1. The molecule has 2 N–H and O–H groups in total. The number of halogens is 1. The number of hydrogen-bond acceptors (Lipinski definition) is 8. The van der Waals surface area contributed by atoms with Crippen molar-refractivity contribution in [2.75, 3.05) is 64.1 Å². The predicted molar refractivity (Wildman–Crippen MR) is 143 cm³/mol. The van der Waals surface area contributed by atoms with Crippen LogP contribution in [0.3, 0.4) is 0 Å². The van der Waals surface area contributed by atoms with Gasteiger partial charge in [0.15, 0.2) is 0 Å². The fraction of sp³-hybridized carbons (Fsp3) is 0.444. The van der Waals surface area contributed by atoms with Crippen LogP contribution in [0.15, 0.2) is 42.0 Å². The number of nitriles is 1. The number of hydrogen-bond donors (Lipinski definition) is 2. The van der Waals surface area contributed by atoms with E-state index in [9.17, 15) is 14.9 Å². The Hall–Kier alpha value is -3.16. The molecule has 2 aromatic rings. The van der Waals surface area contributed by atoms with Gasteiger partial charge in [-0.2, -0.15) is 5.26 Å². The van der Waals surface area contributed by atoms with Gasteiger partial charge < -0.3 is 24.4 Å². The third-order valence-electron chi connectivity index (χ3n) is 5.85. The van der Waals surface area contributed by atoms with E-state index in [0.717, 1.165) is 29.4 Å². The van der Waals surface area contributed by atoms with Crippen molar-refractivity contribution in [1.29, 1.82) is 5.26 Å². The van der Waals surface area contributed by atoms with Crippen molar-refractivity contribution < 1.29 is 23.8 Å². The molecule has 0 atom stereocenters. The van der Waals surface area contributed by atoms with Crippen molar-refractivity contribution in [3.63, 3.8) is 0 Å². The van der Waals surface area contributed by atoms with Crippen molar-refractivity contribution in [2.45, 2.75) is 19.3 Å². The van der Waals surface area contributed by atoms with Crippen LogP contribution < -0.4 is 15.1 Å². The highest BCUT2D eigenvalue weighted by atomic mass is 35.5. The number of amides is 1. The second-order valence-electron chi connectivity index (χ2n) is 8.52. The minimum Gasteiger partial charge on any atom is -0.462 e. The second kappa shape index (κ2) is 15.8. The minimum absolute atomic E-state index is 0.0338. The van der Waals surface area contributed by atoms with Crippen LogP contribution in [0.5, 0.6) is 0 Å². The van der Waals surface area contributed by atoms with Gasteiger partial charge in [-0.15, -0.1) is 0 Å². The molecule has 1 aliphatic heterocycles. The molecule has 1 heterocycles. The maximum absolute atomic E-state index is 12.4. The number of nitrogens with zero attached hydrogens (tertiary/aromatic N) is 2. The number of rotatable bonds is 14. The number of anilines is 1. The molecule has 0 aromatic heterocycles. The van der Waals surface area contributed by atoms with E-state index in [-0.39, 0.29) is 38.5 Å². The van der Waals surface area contributed by atoms with Gasteiger partial charge in [0.1, 0.15) is 24.8 Å². The average Bonchev–Trinajstić information content (AvgIpc) is 2.92. The SMILES string of the molecule is N#C/C(=C\c1ccc2cc(N3CCCCC3)ccc2c1)C(=O)NCCOCCOCCOC(=O)CNCl. The van der Waals surface area contributed by atoms with Gasteiger partial charge in [0.25, 0.3) is 5.91 Å². The number of fused-ring (bicyclic) bond motifs is 1. The third kappa shape index (κ3) is 9.67. The number of carbonyl (C=O) groups excluding carboxylic acids is 2. The van der Waals surface area contributed by atoms with E-state index in [1.807, 2.05) is 24.3 Å². The minimum atomic E-state index is -0.459. The topological polar surface area (TPSA) is 113 Å². The van der Waals surface area contributed by atoms with Crippen LogP contribution in [0.1, 0.15) is 24.8 Å². The first-order valence-corrected chi connectivity index (χ1v) is 12.8. The largest absolute Gasteiger partial charge is 0.462 e. The fourth-order valence-electron chi connectivity index (χ4n) is 3.98. The first kappa shape index (κ1) is 28.4. The fourth-order valence-corrected chi connectivity index (χ4v) is 4.09. The Balaban J connectivity index is 1.39. The van der Waals surface area contributed by atoms with E-state index in [0.29, 0.717) is 13.2 Å². The van der Waals surface area contributed by atoms with Gasteiger partial charge in [0, 0.05) is 25.3 Å². The summed E-state index contributed by atoms with van der Waals surface area (Å²) in [6.07, 6.45) is 5.36. The molecule has 10 heteroatoms. The number of piperidine rings is 1. The zero-order valence-electron chi connectivity index (χ0n) is 20.8. The molecule has 1 fully saturated rings. The maximum atomic E-state index is 12.4. The lowest BCUT2D eigenvalue weighted by atomic mass is 10.0. The molecule has 0 spiro atoms. The van der Waals surface area contributed by atoms with Gasteiger partial charge >= 0.3 is 5.97 Å². The lowest BCUT2D eigenvalue weighted by Crippen LogP contribution is -2.29. The first-order valence-electron chi connectivity index (χ1n) is 12.4. The van der Waals surface area contributed by atoms with Gasteiger partial charge in [-0.1, -0.05) is 18.2 Å². The standard InChI is InChI=1S/C27H33ClN4O5/c28-31-20-26(33)37-15-14-36-13-12-35-11-8-30-27(34)24(19-29)17-21-4-5-23-18-25(7-6-22(23)16-21)32-9-2-1-3-10-32/h4-7,16-18,31H,1-3,8-15,20H2,(H,30,34)/b24-17+. The molecule has 1 amide bonds. The summed E-state index contributed by atoms with van der Waals surface area (Å²) in [5, 5.41) is 14.4. The maximum Gasteiger partial charge on any atom is 0.321 e. The predicted octanol–water partition coefficient (Wildman–Crippen LogP) is 3.17. The van der Waals surface area contributed by atoms with E-state index in [1.165, 1.54) is 24.9 Å². The monoisotopic (exact) mass is 528 g/mol. The Bertz CT molecular complexity index is 1110. The van der Waals surface area contributed by atoms with E-state index in [4.69, 9.17) is 26.0 Å². The van der Waals surface area contributed by atoms with Crippen LogP contribution in [0.25, 0.3) is 16.8 Å². The second-order valence-corrected chi connectivity index (χ2v) is 8.79. The van der Waals surface area contributed by atoms with E-state index in [2.05, 4.69) is 33.3 Å². The lowest BCUT2D eigenvalue weighted by Gasteiger charge is -2.29. The number of ether oxygens (including phenoxy) is 3. The summed E-state index contributed by atoms with van der Waals surface area (Å²) in [5.41, 5.74) is 2.07. The van der Waals surface area contributed by atoms with E-state index < -0.39 is 11.9 Å². The van der Waals surface area contributed by atoms with Crippen molar-refractivity contribution in [3.05, 3.63) is 47.5 Å². The molecule has 37 heavy (non-hydrogen) atoms. The first-order chi connectivity index (χ1) is 18.1. The van der Waals surface area contributed by atoms with Crippen LogP contribution in [-0.2, 0) is 23.8 Å². The van der Waals surface area contributed by atoms with Gasteiger partial charge in [0.05, 0.1) is 26.4 Å². The van der Waals surface area contributed by atoms with Gasteiger partial charge in [-0.05, 0) is 71.7 Å². The third-order valence-corrected chi connectivity index (χ3v) is 5.98. The molecule has 1 saturated heterocycles. The zero-order chi connectivity index (χ0) is 26.3. The van der Waals surface area contributed by atoms with E-state index >= 15 is 0 Å². The highest BCUT2D eigenvalue weighted by Gasteiger charge is 2.12. The Morgan fingerprint density at radius 1 is 0.973 bits per heavy atom. The summed E-state index contributed by atoms with van der Waals surface area (Å²) in [7, 11) is 0. The van der Waals surface area contributed by atoms with Gasteiger partial charge in [-0.3, -0.25) is 9.59 Å². The zero-order valence-corrected chi connectivity index (χ0v) is 21.6. The normalized spacial score (nSPS) is 13.8. The molecule has 0 saturated carbocycles.